The van der Waals surface area contributed by atoms with Crippen molar-refractivity contribution in [1.82, 2.24) is 15.1 Å². The lowest BCUT2D eigenvalue weighted by Crippen LogP contribution is -2.62. The van der Waals surface area contributed by atoms with E-state index in [2.05, 4.69) is 5.32 Å². The molecule has 8 nitrogen and oxygen atoms in total. The number of rotatable bonds is 3. The fraction of sp³-hybridized carbons (Fsp3) is 0.842. The summed E-state index contributed by atoms with van der Waals surface area (Å²) in [4.78, 5) is 40.5. The van der Waals surface area contributed by atoms with Crippen LogP contribution in [0, 0.1) is 5.92 Å². The Morgan fingerprint density at radius 1 is 0.963 bits per heavy atom. The molecule has 0 aliphatic carbocycles. The van der Waals surface area contributed by atoms with Crippen LogP contribution in [-0.4, -0.2) is 71.3 Å². The van der Waals surface area contributed by atoms with Crippen molar-refractivity contribution in [1.29, 1.82) is 0 Å². The monoisotopic (exact) mass is 385 g/mol. The highest BCUT2D eigenvalue weighted by molar-refractivity contribution is 5.87. The first kappa shape index (κ1) is 23.0. The number of hydrogen-bond acceptors (Lipinski definition) is 5. The summed E-state index contributed by atoms with van der Waals surface area (Å²) in [6.45, 7) is 15.7. The predicted octanol–water partition coefficient (Wildman–Crippen LogP) is 2.62. The van der Waals surface area contributed by atoms with Crippen LogP contribution in [0.4, 0.5) is 9.59 Å². The molecule has 1 aliphatic rings. The van der Waals surface area contributed by atoms with Crippen molar-refractivity contribution >= 4 is 18.1 Å². The highest BCUT2D eigenvalue weighted by atomic mass is 16.6. The van der Waals surface area contributed by atoms with E-state index in [-0.39, 0.29) is 31.5 Å². The van der Waals surface area contributed by atoms with Crippen molar-refractivity contribution in [3.63, 3.8) is 0 Å². The average Bonchev–Trinajstić information content (AvgIpc) is 2.48. The normalized spacial score (nSPS) is 18.3. The van der Waals surface area contributed by atoms with E-state index in [0.717, 1.165) is 0 Å². The molecule has 27 heavy (non-hydrogen) atoms. The van der Waals surface area contributed by atoms with Crippen LogP contribution in [-0.2, 0) is 14.3 Å². The molecule has 1 saturated heterocycles. The zero-order chi connectivity index (χ0) is 21.0. The predicted molar refractivity (Wildman–Crippen MR) is 102 cm³/mol. The fourth-order valence-electron chi connectivity index (χ4n) is 2.46. The van der Waals surface area contributed by atoms with Crippen molar-refractivity contribution in [3.8, 4) is 0 Å². The second kappa shape index (κ2) is 8.80. The summed E-state index contributed by atoms with van der Waals surface area (Å²) >= 11 is 0. The molecule has 1 rings (SSSR count). The van der Waals surface area contributed by atoms with Crippen LogP contribution in [0.3, 0.4) is 0 Å². The van der Waals surface area contributed by atoms with E-state index in [1.54, 1.807) is 41.5 Å². The number of carbonyl (C=O) groups is 3. The lowest BCUT2D eigenvalue weighted by molar-refractivity contribution is -0.128. The van der Waals surface area contributed by atoms with Crippen LogP contribution in [0.2, 0.25) is 0 Å². The summed E-state index contributed by atoms with van der Waals surface area (Å²) < 4.78 is 10.8. The summed E-state index contributed by atoms with van der Waals surface area (Å²) in [6, 6.07) is -0.820. The van der Waals surface area contributed by atoms with Crippen LogP contribution >= 0.6 is 0 Å². The molecule has 1 heterocycles. The number of nitrogens with one attached hydrogen (secondary N) is 1. The van der Waals surface area contributed by atoms with Crippen molar-refractivity contribution < 1.29 is 23.9 Å². The average molecular weight is 386 g/mol. The van der Waals surface area contributed by atoms with Crippen LogP contribution in [0.5, 0.6) is 0 Å². The van der Waals surface area contributed by atoms with Gasteiger partial charge in [-0.1, -0.05) is 13.8 Å². The molecule has 8 heteroatoms. The molecule has 0 bridgehead atoms. The molecule has 0 saturated carbocycles. The van der Waals surface area contributed by atoms with Crippen molar-refractivity contribution in [3.05, 3.63) is 0 Å². The SMILES string of the molecule is CC(C)CNC(=O)[C@H]1CN(C(=O)OC(C)(C)C)CCN1C(=O)OC(C)(C)C. The van der Waals surface area contributed by atoms with E-state index in [1.807, 2.05) is 13.8 Å². The highest BCUT2D eigenvalue weighted by Gasteiger charge is 2.39. The number of amides is 3. The third kappa shape index (κ3) is 8.05. The van der Waals surface area contributed by atoms with Gasteiger partial charge in [-0.25, -0.2) is 9.59 Å². The van der Waals surface area contributed by atoms with Gasteiger partial charge in [0.25, 0.3) is 0 Å². The number of carbonyl (C=O) groups excluding carboxylic acids is 3. The maximum Gasteiger partial charge on any atom is 0.411 e. The van der Waals surface area contributed by atoms with Gasteiger partial charge < -0.3 is 19.7 Å². The molecule has 0 unspecified atom stereocenters. The van der Waals surface area contributed by atoms with Gasteiger partial charge in [0.15, 0.2) is 0 Å². The summed E-state index contributed by atoms with van der Waals surface area (Å²) in [5, 5.41) is 2.84. The van der Waals surface area contributed by atoms with Gasteiger partial charge in [0, 0.05) is 19.6 Å². The summed E-state index contributed by atoms with van der Waals surface area (Å²) in [5.41, 5.74) is -1.30. The Morgan fingerprint density at radius 3 is 1.96 bits per heavy atom. The second-order valence-corrected chi connectivity index (χ2v) is 9.25. The first-order valence-electron chi connectivity index (χ1n) is 9.45. The van der Waals surface area contributed by atoms with Crippen molar-refractivity contribution in [2.45, 2.75) is 72.6 Å². The second-order valence-electron chi connectivity index (χ2n) is 9.25. The number of nitrogens with zero attached hydrogens (tertiary/aromatic N) is 2. The lowest BCUT2D eigenvalue weighted by atomic mass is 10.1. The number of ether oxygens (including phenoxy) is 2. The van der Waals surface area contributed by atoms with Gasteiger partial charge in [0.1, 0.15) is 17.2 Å². The minimum absolute atomic E-state index is 0.0675. The molecule has 0 spiro atoms. The quantitative estimate of drug-likeness (QED) is 0.807. The third-order valence-corrected chi connectivity index (χ3v) is 3.65. The van der Waals surface area contributed by atoms with Gasteiger partial charge in [-0.3, -0.25) is 9.69 Å². The molecule has 1 N–H and O–H groups in total. The van der Waals surface area contributed by atoms with Gasteiger partial charge in [-0.05, 0) is 47.5 Å². The largest absolute Gasteiger partial charge is 0.444 e. The molecule has 156 valence electrons. The van der Waals surface area contributed by atoms with E-state index in [9.17, 15) is 14.4 Å². The molecule has 3 amide bonds. The fourth-order valence-corrected chi connectivity index (χ4v) is 2.46. The number of hydrogen-bond donors (Lipinski definition) is 1. The lowest BCUT2D eigenvalue weighted by Gasteiger charge is -2.41. The standard InChI is InChI=1S/C19H35N3O5/c1-13(2)11-20-15(23)14-12-21(16(24)26-18(3,4)5)9-10-22(14)17(25)27-19(6,7)8/h13-14H,9-12H2,1-8H3,(H,20,23)/t14-/m1/s1. The zero-order valence-corrected chi connectivity index (χ0v) is 17.9. The summed E-state index contributed by atoms with van der Waals surface area (Å²) in [6.07, 6.45) is -1.05. The topological polar surface area (TPSA) is 88.2 Å². The number of piperazine rings is 1. The minimum atomic E-state index is -0.820. The Labute approximate surface area is 162 Å². The van der Waals surface area contributed by atoms with E-state index in [1.165, 1.54) is 9.80 Å². The molecule has 0 radical (unpaired) electrons. The van der Waals surface area contributed by atoms with Crippen molar-refractivity contribution in [2.24, 2.45) is 5.92 Å². The van der Waals surface area contributed by atoms with E-state index < -0.39 is 29.4 Å². The molecular formula is C19H35N3O5. The Hall–Kier alpha value is -1.99. The van der Waals surface area contributed by atoms with Crippen LogP contribution in [0.15, 0.2) is 0 Å². The van der Waals surface area contributed by atoms with Crippen LogP contribution in [0.1, 0.15) is 55.4 Å². The van der Waals surface area contributed by atoms with E-state index in [4.69, 9.17) is 9.47 Å². The maximum atomic E-state index is 12.7. The Morgan fingerprint density at radius 2 is 1.48 bits per heavy atom. The molecule has 0 aromatic rings. The van der Waals surface area contributed by atoms with Gasteiger partial charge in [0.05, 0.1) is 6.54 Å². The molecule has 1 aliphatic heterocycles. The van der Waals surface area contributed by atoms with E-state index >= 15 is 0 Å². The Kier molecular flexibility index (Phi) is 7.51. The van der Waals surface area contributed by atoms with E-state index in [0.29, 0.717) is 6.54 Å². The summed E-state index contributed by atoms with van der Waals surface area (Å²) in [7, 11) is 0. The molecule has 1 fully saturated rings. The summed E-state index contributed by atoms with van der Waals surface area (Å²) in [5.74, 6) is -0.0303. The first-order chi connectivity index (χ1) is 12.2. The molecule has 0 aromatic carbocycles. The van der Waals surface area contributed by atoms with Gasteiger partial charge in [0.2, 0.25) is 5.91 Å². The molecule has 1 atom stereocenters. The maximum absolute atomic E-state index is 12.7. The van der Waals surface area contributed by atoms with Crippen LogP contribution < -0.4 is 5.32 Å². The Balaban J connectivity index is 2.93. The minimum Gasteiger partial charge on any atom is -0.444 e. The van der Waals surface area contributed by atoms with Gasteiger partial charge in [-0.2, -0.15) is 0 Å². The van der Waals surface area contributed by atoms with Gasteiger partial charge in [-0.15, -0.1) is 0 Å². The third-order valence-electron chi connectivity index (χ3n) is 3.65. The zero-order valence-electron chi connectivity index (χ0n) is 17.9. The Bertz CT molecular complexity index is 549. The van der Waals surface area contributed by atoms with Crippen LogP contribution in [0.25, 0.3) is 0 Å². The smallest absolute Gasteiger partial charge is 0.411 e. The molecular weight excluding hydrogens is 350 g/mol. The van der Waals surface area contributed by atoms with Crippen molar-refractivity contribution in [2.75, 3.05) is 26.2 Å². The molecule has 0 aromatic heterocycles. The van der Waals surface area contributed by atoms with Gasteiger partial charge >= 0.3 is 12.2 Å². The highest BCUT2D eigenvalue weighted by Crippen LogP contribution is 2.18. The first-order valence-corrected chi connectivity index (χ1v) is 9.45.